The molecular formula is C11H14N2O5. The van der Waals surface area contributed by atoms with Crippen LogP contribution >= 0.6 is 0 Å². The van der Waals surface area contributed by atoms with Crippen LogP contribution in [-0.2, 0) is 4.79 Å². The molecule has 1 fully saturated rings. The number of carbonyl (C=O) groups is 2. The molecule has 0 unspecified atom stereocenters. The Labute approximate surface area is 103 Å². The lowest BCUT2D eigenvalue weighted by molar-refractivity contribution is -0.143. The van der Waals surface area contributed by atoms with Crippen LogP contribution in [0.1, 0.15) is 23.4 Å². The summed E-state index contributed by atoms with van der Waals surface area (Å²) >= 11 is 0. The predicted octanol–water partition coefficient (Wildman–Crippen LogP) is 0.620. The minimum atomic E-state index is -0.873. The van der Waals surface area contributed by atoms with Crippen LogP contribution in [-0.4, -0.2) is 47.2 Å². The van der Waals surface area contributed by atoms with Gasteiger partial charge in [0.25, 0.3) is 11.8 Å². The van der Waals surface area contributed by atoms with Crippen LogP contribution in [0, 0.1) is 5.92 Å². The van der Waals surface area contributed by atoms with Crippen molar-refractivity contribution < 1.29 is 24.0 Å². The summed E-state index contributed by atoms with van der Waals surface area (Å²) in [6.45, 7) is 0.739. The van der Waals surface area contributed by atoms with Crippen LogP contribution < -0.4 is 4.74 Å². The SMILES string of the molecule is COc1cc(C(=O)N2CCC[C@H](C(=O)O)C2)on1. The molecule has 0 aliphatic carbocycles. The van der Waals surface area contributed by atoms with Gasteiger partial charge in [-0.05, 0) is 18.0 Å². The standard InChI is InChI=1S/C11H14N2O5/c1-17-9-5-8(18-12-9)10(14)13-4-2-3-7(6-13)11(15)16/h5,7H,2-4,6H2,1H3,(H,15,16)/t7-/m0/s1. The molecule has 0 bridgehead atoms. The van der Waals surface area contributed by atoms with Gasteiger partial charge in [-0.2, -0.15) is 0 Å². The summed E-state index contributed by atoms with van der Waals surface area (Å²) in [6, 6.07) is 1.40. The van der Waals surface area contributed by atoms with Gasteiger partial charge in [-0.1, -0.05) is 0 Å². The summed E-state index contributed by atoms with van der Waals surface area (Å²) < 4.78 is 9.67. The first-order chi connectivity index (χ1) is 8.61. The number of likely N-dealkylation sites (tertiary alicyclic amines) is 1. The maximum Gasteiger partial charge on any atom is 0.308 e. The summed E-state index contributed by atoms with van der Waals surface area (Å²) in [5, 5.41) is 12.5. The van der Waals surface area contributed by atoms with Crippen molar-refractivity contribution in [3.05, 3.63) is 11.8 Å². The van der Waals surface area contributed by atoms with Crippen molar-refractivity contribution in [3.63, 3.8) is 0 Å². The lowest BCUT2D eigenvalue weighted by Crippen LogP contribution is -2.42. The van der Waals surface area contributed by atoms with E-state index >= 15 is 0 Å². The van der Waals surface area contributed by atoms with Crippen LogP contribution in [0.15, 0.2) is 10.6 Å². The highest BCUT2D eigenvalue weighted by Crippen LogP contribution is 2.20. The zero-order chi connectivity index (χ0) is 13.1. The number of piperidine rings is 1. The van der Waals surface area contributed by atoms with Gasteiger partial charge in [-0.15, -0.1) is 0 Å². The maximum absolute atomic E-state index is 12.0. The molecular weight excluding hydrogens is 240 g/mol. The van der Waals surface area contributed by atoms with Gasteiger partial charge in [-0.3, -0.25) is 9.59 Å². The van der Waals surface area contributed by atoms with Crippen LogP contribution in [0.3, 0.4) is 0 Å². The number of hydrogen-bond donors (Lipinski definition) is 1. The molecule has 18 heavy (non-hydrogen) atoms. The van der Waals surface area contributed by atoms with Crippen LogP contribution in [0.25, 0.3) is 0 Å². The number of methoxy groups -OCH3 is 1. The molecule has 1 aliphatic heterocycles. The van der Waals surface area contributed by atoms with E-state index < -0.39 is 11.9 Å². The van der Waals surface area contributed by atoms with E-state index in [2.05, 4.69) is 5.16 Å². The van der Waals surface area contributed by atoms with E-state index in [9.17, 15) is 9.59 Å². The van der Waals surface area contributed by atoms with Crippen molar-refractivity contribution in [2.45, 2.75) is 12.8 Å². The van der Waals surface area contributed by atoms with Crippen molar-refractivity contribution in [2.24, 2.45) is 5.92 Å². The number of carboxylic acids is 1. The zero-order valence-corrected chi connectivity index (χ0v) is 9.96. The van der Waals surface area contributed by atoms with Gasteiger partial charge in [0.15, 0.2) is 0 Å². The van der Waals surface area contributed by atoms with Crippen LogP contribution in [0.4, 0.5) is 0 Å². The molecule has 1 N–H and O–H groups in total. The molecule has 0 radical (unpaired) electrons. The number of carboxylic acid groups (broad SMARTS) is 1. The normalized spacial score (nSPS) is 19.6. The molecule has 1 aromatic heterocycles. The van der Waals surface area contributed by atoms with Crippen molar-refractivity contribution >= 4 is 11.9 Å². The Balaban J connectivity index is 2.06. The molecule has 0 spiro atoms. The van der Waals surface area contributed by atoms with E-state index in [1.54, 1.807) is 0 Å². The molecule has 7 heteroatoms. The Bertz CT molecular complexity index is 456. The Morgan fingerprint density at radius 1 is 1.61 bits per heavy atom. The van der Waals surface area contributed by atoms with Crippen molar-refractivity contribution in [2.75, 3.05) is 20.2 Å². The Hall–Kier alpha value is -2.05. The summed E-state index contributed by atoms with van der Waals surface area (Å²) in [5.41, 5.74) is 0. The average Bonchev–Trinajstić information content (AvgIpc) is 2.86. The Morgan fingerprint density at radius 2 is 2.39 bits per heavy atom. The molecule has 1 saturated heterocycles. The van der Waals surface area contributed by atoms with Gasteiger partial charge in [-0.25, -0.2) is 0 Å². The first-order valence-electron chi connectivity index (χ1n) is 5.64. The molecule has 2 heterocycles. The van der Waals surface area contributed by atoms with E-state index in [1.807, 2.05) is 0 Å². The molecule has 2 rings (SSSR count). The summed E-state index contributed by atoms with van der Waals surface area (Å²) in [7, 11) is 1.42. The third-order valence-electron chi connectivity index (χ3n) is 2.97. The highest BCUT2D eigenvalue weighted by molar-refractivity contribution is 5.92. The fraction of sp³-hybridized carbons (Fsp3) is 0.545. The monoisotopic (exact) mass is 254 g/mol. The molecule has 98 valence electrons. The van der Waals surface area contributed by atoms with Gasteiger partial charge >= 0.3 is 5.97 Å². The largest absolute Gasteiger partial charge is 0.481 e. The van der Waals surface area contributed by atoms with Crippen molar-refractivity contribution in [1.82, 2.24) is 10.1 Å². The quantitative estimate of drug-likeness (QED) is 0.849. The zero-order valence-electron chi connectivity index (χ0n) is 9.96. The summed E-state index contributed by atoms with van der Waals surface area (Å²) in [5.74, 6) is -1.44. The third kappa shape index (κ3) is 2.44. The second-order valence-electron chi connectivity index (χ2n) is 4.16. The lowest BCUT2D eigenvalue weighted by Gasteiger charge is -2.29. The number of nitrogens with zero attached hydrogens (tertiary/aromatic N) is 2. The maximum atomic E-state index is 12.0. The minimum absolute atomic E-state index is 0.0675. The molecule has 1 amide bonds. The first-order valence-corrected chi connectivity index (χ1v) is 5.64. The Kier molecular flexibility index (Phi) is 3.50. The van der Waals surface area contributed by atoms with Gasteiger partial charge in [0.1, 0.15) is 0 Å². The van der Waals surface area contributed by atoms with E-state index in [0.717, 1.165) is 0 Å². The van der Waals surface area contributed by atoms with E-state index in [4.69, 9.17) is 14.4 Å². The molecule has 1 aliphatic rings. The molecule has 1 atom stereocenters. The topological polar surface area (TPSA) is 92.9 Å². The fourth-order valence-corrected chi connectivity index (χ4v) is 1.98. The summed E-state index contributed by atoms with van der Waals surface area (Å²) in [6.07, 6.45) is 1.27. The third-order valence-corrected chi connectivity index (χ3v) is 2.97. The van der Waals surface area contributed by atoms with E-state index in [0.29, 0.717) is 19.4 Å². The Morgan fingerprint density at radius 3 is 3.00 bits per heavy atom. The number of aromatic nitrogens is 1. The number of ether oxygens (including phenoxy) is 1. The van der Waals surface area contributed by atoms with Crippen LogP contribution in [0.2, 0.25) is 0 Å². The van der Waals surface area contributed by atoms with E-state index in [-0.39, 0.29) is 24.1 Å². The fourth-order valence-electron chi connectivity index (χ4n) is 1.98. The van der Waals surface area contributed by atoms with Crippen molar-refractivity contribution in [1.29, 1.82) is 0 Å². The molecule has 0 saturated carbocycles. The predicted molar refractivity (Wildman–Crippen MR) is 59.3 cm³/mol. The second kappa shape index (κ2) is 5.07. The molecule has 1 aromatic rings. The number of carbonyl (C=O) groups excluding carboxylic acids is 1. The number of aliphatic carboxylic acids is 1. The average molecular weight is 254 g/mol. The molecule has 7 nitrogen and oxygen atoms in total. The second-order valence-corrected chi connectivity index (χ2v) is 4.16. The van der Waals surface area contributed by atoms with Crippen molar-refractivity contribution in [3.8, 4) is 5.88 Å². The number of hydrogen-bond acceptors (Lipinski definition) is 5. The number of rotatable bonds is 3. The first kappa shape index (κ1) is 12.4. The summed E-state index contributed by atoms with van der Waals surface area (Å²) in [4.78, 5) is 24.4. The van der Waals surface area contributed by atoms with Gasteiger partial charge in [0, 0.05) is 13.1 Å². The van der Waals surface area contributed by atoms with E-state index in [1.165, 1.54) is 18.1 Å². The highest BCUT2D eigenvalue weighted by Gasteiger charge is 2.30. The number of amides is 1. The van der Waals surface area contributed by atoms with Gasteiger partial charge in [0.05, 0.1) is 19.1 Å². The van der Waals surface area contributed by atoms with Gasteiger partial charge < -0.3 is 19.3 Å². The minimum Gasteiger partial charge on any atom is -0.481 e. The lowest BCUT2D eigenvalue weighted by atomic mass is 9.98. The molecule has 0 aromatic carbocycles. The highest BCUT2D eigenvalue weighted by atomic mass is 16.5. The van der Waals surface area contributed by atoms with Gasteiger partial charge in [0.2, 0.25) is 5.76 Å². The smallest absolute Gasteiger partial charge is 0.308 e. The van der Waals surface area contributed by atoms with Crippen LogP contribution in [0.5, 0.6) is 5.88 Å².